The van der Waals surface area contributed by atoms with Crippen molar-refractivity contribution in [2.45, 2.75) is 25.4 Å². The minimum atomic E-state index is -0.0105. The predicted molar refractivity (Wildman–Crippen MR) is 103 cm³/mol. The number of carbonyl (C=O) groups is 1. The third-order valence-electron chi connectivity index (χ3n) is 5.09. The summed E-state index contributed by atoms with van der Waals surface area (Å²) in [6, 6.07) is 14.5. The van der Waals surface area contributed by atoms with Crippen LogP contribution in [0.3, 0.4) is 0 Å². The molecule has 2 amide bonds. The summed E-state index contributed by atoms with van der Waals surface area (Å²) < 4.78 is 0. The number of aromatic nitrogens is 1. The van der Waals surface area contributed by atoms with E-state index in [4.69, 9.17) is 0 Å². The number of carbonyl (C=O) groups excluding carboxylic acids is 1. The molecule has 3 heterocycles. The fraction of sp³-hybridized carbons (Fsp3) is 0.400. The van der Waals surface area contributed by atoms with Gasteiger partial charge in [0.15, 0.2) is 0 Å². The van der Waals surface area contributed by atoms with E-state index in [9.17, 15) is 4.79 Å². The number of amides is 2. The van der Waals surface area contributed by atoms with Crippen LogP contribution in [0.5, 0.6) is 0 Å². The summed E-state index contributed by atoms with van der Waals surface area (Å²) in [5.41, 5.74) is 3.08. The van der Waals surface area contributed by atoms with E-state index in [0.29, 0.717) is 19.1 Å². The Kier molecular flexibility index (Phi) is 5.02. The van der Waals surface area contributed by atoms with Crippen LogP contribution in [0.15, 0.2) is 48.7 Å². The fourth-order valence-corrected chi connectivity index (χ4v) is 3.72. The molecule has 2 aliphatic rings. The lowest BCUT2D eigenvalue weighted by atomic mass is 10.1. The molecular formula is C20H25N5O. The van der Waals surface area contributed by atoms with Crippen molar-refractivity contribution in [1.29, 1.82) is 0 Å². The van der Waals surface area contributed by atoms with Gasteiger partial charge >= 0.3 is 6.03 Å². The molecule has 0 radical (unpaired) electrons. The smallest absolute Gasteiger partial charge is 0.322 e. The number of nitrogens with zero attached hydrogens (tertiary/aromatic N) is 3. The Labute approximate surface area is 154 Å². The van der Waals surface area contributed by atoms with Crippen LogP contribution in [0.2, 0.25) is 0 Å². The van der Waals surface area contributed by atoms with Gasteiger partial charge in [-0.15, -0.1) is 0 Å². The van der Waals surface area contributed by atoms with Gasteiger partial charge in [0, 0.05) is 31.9 Å². The number of fused-ring (bicyclic) bond motifs is 1. The molecule has 0 spiro atoms. The molecule has 2 aliphatic heterocycles. The number of hydrogen-bond acceptors (Lipinski definition) is 4. The van der Waals surface area contributed by atoms with Crippen LogP contribution in [0, 0.1) is 0 Å². The first-order valence-electron chi connectivity index (χ1n) is 9.34. The molecule has 0 aliphatic carbocycles. The zero-order valence-corrected chi connectivity index (χ0v) is 14.9. The van der Waals surface area contributed by atoms with Gasteiger partial charge in [0.25, 0.3) is 0 Å². The van der Waals surface area contributed by atoms with E-state index < -0.39 is 0 Å². The maximum Gasteiger partial charge on any atom is 0.322 e. The lowest BCUT2D eigenvalue weighted by Gasteiger charge is -2.37. The van der Waals surface area contributed by atoms with Crippen LogP contribution in [-0.4, -0.2) is 43.2 Å². The van der Waals surface area contributed by atoms with Crippen LogP contribution in [0.4, 0.5) is 16.2 Å². The lowest BCUT2D eigenvalue weighted by Crippen LogP contribution is -2.50. The van der Waals surface area contributed by atoms with E-state index in [1.54, 1.807) is 0 Å². The van der Waals surface area contributed by atoms with Gasteiger partial charge in [-0.25, -0.2) is 4.79 Å². The van der Waals surface area contributed by atoms with Crippen molar-refractivity contribution in [1.82, 2.24) is 15.6 Å². The zero-order valence-electron chi connectivity index (χ0n) is 14.9. The second-order valence-corrected chi connectivity index (χ2v) is 6.86. The first-order chi connectivity index (χ1) is 12.8. The van der Waals surface area contributed by atoms with Crippen molar-refractivity contribution >= 4 is 17.4 Å². The molecule has 4 rings (SSSR count). The molecule has 1 saturated heterocycles. The standard InChI is InChI=1S/C20H25N5O/c26-20(23-14-16-7-5-11-21-16)25-13-12-24(15-17-6-3-4-10-22-17)18-8-1-2-9-19(18)25/h1-4,6,8-10,16,21H,5,7,11-15H2,(H,23,26)/t16-/m1/s1. The van der Waals surface area contributed by atoms with Crippen molar-refractivity contribution in [3.8, 4) is 0 Å². The van der Waals surface area contributed by atoms with Gasteiger partial charge in [-0.05, 0) is 43.7 Å². The van der Waals surface area contributed by atoms with Gasteiger partial charge in [0.2, 0.25) is 0 Å². The second kappa shape index (κ2) is 7.74. The molecule has 6 heteroatoms. The molecule has 0 unspecified atom stereocenters. The maximum atomic E-state index is 12.7. The summed E-state index contributed by atoms with van der Waals surface area (Å²) in [6.45, 7) is 3.96. The highest BCUT2D eigenvalue weighted by molar-refractivity contribution is 5.96. The number of hydrogen-bond donors (Lipinski definition) is 2. The second-order valence-electron chi connectivity index (χ2n) is 6.86. The van der Waals surface area contributed by atoms with Crippen LogP contribution < -0.4 is 20.4 Å². The minimum Gasteiger partial charge on any atom is -0.362 e. The largest absolute Gasteiger partial charge is 0.362 e. The average Bonchev–Trinajstić information content (AvgIpc) is 3.21. The molecule has 0 bridgehead atoms. The van der Waals surface area contributed by atoms with Gasteiger partial charge < -0.3 is 15.5 Å². The summed E-state index contributed by atoms with van der Waals surface area (Å²) in [6.07, 6.45) is 4.15. The predicted octanol–water partition coefficient (Wildman–Crippen LogP) is 2.37. The molecule has 1 aromatic heterocycles. The number of urea groups is 1. The van der Waals surface area contributed by atoms with Gasteiger partial charge in [-0.2, -0.15) is 0 Å². The SMILES string of the molecule is O=C(NC[C@H]1CCCN1)N1CCN(Cc2ccccn2)c2ccccc21. The third kappa shape index (κ3) is 3.65. The molecule has 1 aromatic carbocycles. The van der Waals surface area contributed by atoms with Crippen molar-refractivity contribution in [2.75, 3.05) is 36.0 Å². The van der Waals surface area contributed by atoms with E-state index in [-0.39, 0.29) is 6.03 Å². The Balaban J connectivity index is 1.47. The molecule has 1 atom stereocenters. The highest BCUT2D eigenvalue weighted by Crippen LogP contribution is 2.33. The first-order valence-corrected chi connectivity index (χ1v) is 9.34. The van der Waals surface area contributed by atoms with E-state index in [0.717, 1.165) is 43.1 Å². The quantitative estimate of drug-likeness (QED) is 0.888. The lowest BCUT2D eigenvalue weighted by molar-refractivity contribution is 0.245. The van der Waals surface area contributed by atoms with Crippen LogP contribution in [0.1, 0.15) is 18.5 Å². The summed E-state index contributed by atoms with van der Waals surface area (Å²) in [7, 11) is 0. The Morgan fingerprint density at radius 1 is 1.15 bits per heavy atom. The zero-order chi connectivity index (χ0) is 17.8. The monoisotopic (exact) mass is 351 g/mol. The van der Waals surface area contributed by atoms with E-state index in [1.807, 2.05) is 47.5 Å². The summed E-state index contributed by atoms with van der Waals surface area (Å²) in [5.74, 6) is 0. The van der Waals surface area contributed by atoms with Crippen LogP contribution in [-0.2, 0) is 6.54 Å². The Hall–Kier alpha value is -2.60. The number of benzene rings is 1. The number of pyridine rings is 1. The Morgan fingerprint density at radius 2 is 2.00 bits per heavy atom. The molecule has 136 valence electrons. The molecule has 2 N–H and O–H groups in total. The van der Waals surface area contributed by atoms with Crippen molar-refractivity contribution in [3.63, 3.8) is 0 Å². The third-order valence-corrected chi connectivity index (χ3v) is 5.09. The number of anilines is 2. The van der Waals surface area contributed by atoms with Crippen LogP contribution in [0.25, 0.3) is 0 Å². The summed E-state index contributed by atoms with van der Waals surface area (Å²) in [5, 5.41) is 6.51. The van der Waals surface area contributed by atoms with E-state index >= 15 is 0 Å². The van der Waals surface area contributed by atoms with E-state index in [2.05, 4.69) is 26.6 Å². The molecule has 1 fully saturated rings. The summed E-state index contributed by atoms with van der Waals surface area (Å²) >= 11 is 0. The number of para-hydroxylation sites is 2. The van der Waals surface area contributed by atoms with Crippen molar-refractivity contribution in [3.05, 3.63) is 54.4 Å². The highest BCUT2D eigenvalue weighted by Gasteiger charge is 2.27. The molecule has 2 aromatic rings. The van der Waals surface area contributed by atoms with E-state index in [1.165, 1.54) is 6.42 Å². The molecular weight excluding hydrogens is 326 g/mol. The topological polar surface area (TPSA) is 60.5 Å². The minimum absolute atomic E-state index is 0.0105. The number of rotatable bonds is 4. The molecule has 26 heavy (non-hydrogen) atoms. The van der Waals surface area contributed by atoms with Crippen molar-refractivity contribution in [2.24, 2.45) is 0 Å². The van der Waals surface area contributed by atoms with Gasteiger partial charge in [0.05, 0.1) is 23.6 Å². The van der Waals surface area contributed by atoms with Gasteiger partial charge in [-0.1, -0.05) is 18.2 Å². The van der Waals surface area contributed by atoms with Crippen LogP contribution >= 0.6 is 0 Å². The number of nitrogens with one attached hydrogen (secondary N) is 2. The summed E-state index contributed by atoms with van der Waals surface area (Å²) in [4.78, 5) is 21.3. The fourth-order valence-electron chi connectivity index (χ4n) is 3.72. The highest BCUT2D eigenvalue weighted by atomic mass is 16.2. The molecule has 0 saturated carbocycles. The Morgan fingerprint density at radius 3 is 2.77 bits per heavy atom. The van der Waals surface area contributed by atoms with Gasteiger partial charge in [-0.3, -0.25) is 9.88 Å². The van der Waals surface area contributed by atoms with Crippen molar-refractivity contribution < 1.29 is 4.79 Å². The Bertz CT molecular complexity index is 745. The molecule has 6 nitrogen and oxygen atoms in total. The average molecular weight is 351 g/mol. The maximum absolute atomic E-state index is 12.7. The van der Waals surface area contributed by atoms with Gasteiger partial charge in [0.1, 0.15) is 0 Å². The first kappa shape index (κ1) is 16.8. The normalized spacial score (nSPS) is 19.3.